The number of rotatable bonds is 6. The Hall–Kier alpha value is -2.36. The largest absolute Gasteiger partial charge is 0.341 e. The molecule has 1 fully saturated rings. The third-order valence-corrected chi connectivity index (χ3v) is 7.32. The number of thioether (sulfide) groups is 1. The van der Waals surface area contributed by atoms with Crippen LogP contribution in [0.2, 0.25) is 0 Å². The average Bonchev–Trinajstić information content (AvgIpc) is 2.75. The molecule has 2 aromatic carbocycles. The molecule has 0 unspecified atom stereocenters. The van der Waals surface area contributed by atoms with Crippen molar-refractivity contribution in [2.24, 2.45) is 0 Å². The van der Waals surface area contributed by atoms with E-state index >= 15 is 0 Å². The Balaban J connectivity index is 1.67. The van der Waals surface area contributed by atoms with E-state index in [4.69, 9.17) is 0 Å². The van der Waals surface area contributed by atoms with Crippen molar-refractivity contribution in [3.05, 3.63) is 59.2 Å². The van der Waals surface area contributed by atoms with Crippen LogP contribution < -0.4 is 10.0 Å². The van der Waals surface area contributed by atoms with E-state index < -0.39 is 15.9 Å². The predicted molar refractivity (Wildman–Crippen MR) is 119 cm³/mol. The highest BCUT2D eigenvalue weighted by molar-refractivity contribution is 7.99. The highest BCUT2D eigenvalue weighted by Gasteiger charge is 2.18. The first kappa shape index (κ1) is 22.3. The first-order chi connectivity index (χ1) is 14.3. The topological polar surface area (TPSA) is 95.6 Å². The van der Waals surface area contributed by atoms with Crippen LogP contribution >= 0.6 is 11.8 Å². The maximum Gasteiger partial charge on any atom is 0.255 e. The first-order valence-corrected chi connectivity index (χ1v) is 12.2. The lowest BCUT2D eigenvalue weighted by Gasteiger charge is -2.26. The number of nitrogens with one attached hydrogen (secondary N) is 2. The summed E-state index contributed by atoms with van der Waals surface area (Å²) in [6, 6.07) is 11.6. The van der Waals surface area contributed by atoms with E-state index in [9.17, 15) is 18.0 Å². The molecule has 0 saturated carbocycles. The summed E-state index contributed by atoms with van der Waals surface area (Å²) < 4.78 is 26.3. The third kappa shape index (κ3) is 5.41. The molecule has 2 aromatic rings. The van der Waals surface area contributed by atoms with Crippen LogP contribution in [0.25, 0.3) is 0 Å². The van der Waals surface area contributed by atoms with Crippen LogP contribution in [0.3, 0.4) is 0 Å². The Kier molecular flexibility index (Phi) is 7.17. The number of benzene rings is 2. The van der Waals surface area contributed by atoms with E-state index in [1.165, 1.54) is 19.2 Å². The molecule has 2 amide bonds. The molecule has 0 radical (unpaired) electrons. The summed E-state index contributed by atoms with van der Waals surface area (Å²) in [5, 5.41) is 2.79. The molecule has 0 aliphatic carbocycles. The van der Waals surface area contributed by atoms with Gasteiger partial charge in [-0.25, -0.2) is 13.1 Å². The molecule has 2 N–H and O–H groups in total. The monoisotopic (exact) mass is 447 g/mol. The van der Waals surface area contributed by atoms with Crippen molar-refractivity contribution in [3.8, 4) is 0 Å². The zero-order valence-electron chi connectivity index (χ0n) is 17.0. The fourth-order valence-corrected chi connectivity index (χ4v) is 4.79. The Morgan fingerprint density at radius 3 is 2.37 bits per heavy atom. The normalized spacial score (nSPS) is 14.4. The number of anilines is 1. The molecule has 0 aromatic heterocycles. The van der Waals surface area contributed by atoms with Crippen LogP contribution in [0, 0.1) is 6.92 Å². The van der Waals surface area contributed by atoms with Gasteiger partial charge in [0, 0.05) is 35.8 Å². The second-order valence-electron chi connectivity index (χ2n) is 7.01. The van der Waals surface area contributed by atoms with E-state index in [0.717, 1.165) is 30.2 Å². The van der Waals surface area contributed by atoms with Crippen molar-refractivity contribution in [1.82, 2.24) is 9.62 Å². The van der Waals surface area contributed by atoms with Crippen molar-refractivity contribution < 1.29 is 18.0 Å². The van der Waals surface area contributed by atoms with Gasteiger partial charge in [-0.15, -0.1) is 0 Å². The number of amides is 2. The Bertz CT molecular complexity index is 1030. The van der Waals surface area contributed by atoms with Gasteiger partial charge in [-0.05, 0) is 49.4 Å². The van der Waals surface area contributed by atoms with E-state index in [2.05, 4.69) is 10.0 Å². The van der Waals surface area contributed by atoms with Gasteiger partial charge in [-0.2, -0.15) is 11.8 Å². The lowest BCUT2D eigenvalue weighted by atomic mass is 10.1. The van der Waals surface area contributed by atoms with Gasteiger partial charge in [-0.3, -0.25) is 9.59 Å². The maximum absolute atomic E-state index is 12.7. The quantitative estimate of drug-likeness (QED) is 0.708. The smallest absolute Gasteiger partial charge is 0.255 e. The van der Waals surface area contributed by atoms with Gasteiger partial charge in [0.1, 0.15) is 0 Å². The molecule has 0 bridgehead atoms. The van der Waals surface area contributed by atoms with Gasteiger partial charge < -0.3 is 10.2 Å². The van der Waals surface area contributed by atoms with Crippen molar-refractivity contribution in [3.63, 3.8) is 0 Å². The molecule has 1 saturated heterocycles. The van der Waals surface area contributed by atoms with Gasteiger partial charge in [-0.1, -0.05) is 18.2 Å². The summed E-state index contributed by atoms with van der Waals surface area (Å²) in [6.45, 7) is 3.33. The van der Waals surface area contributed by atoms with E-state index in [0.29, 0.717) is 17.7 Å². The minimum Gasteiger partial charge on any atom is -0.341 e. The van der Waals surface area contributed by atoms with Crippen LogP contribution in [0.5, 0.6) is 0 Å². The van der Waals surface area contributed by atoms with Crippen LogP contribution in [-0.2, 0) is 21.2 Å². The molecule has 0 atom stereocenters. The molecule has 1 aliphatic rings. The molecule has 9 heteroatoms. The Morgan fingerprint density at radius 2 is 1.73 bits per heavy atom. The Morgan fingerprint density at radius 1 is 1.07 bits per heavy atom. The number of sulfonamides is 1. The van der Waals surface area contributed by atoms with Gasteiger partial charge in [0.25, 0.3) is 5.91 Å². The second kappa shape index (κ2) is 9.63. The van der Waals surface area contributed by atoms with Crippen molar-refractivity contribution >= 4 is 39.3 Å². The van der Waals surface area contributed by atoms with E-state index in [-0.39, 0.29) is 16.4 Å². The lowest BCUT2D eigenvalue weighted by Crippen LogP contribution is -2.38. The minimum absolute atomic E-state index is 0.0331. The summed E-state index contributed by atoms with van der Waals surface area (Å²) in [5.41, 5.74) is 2.42. The summed E-state index contributed by atoms with van der Waals surface area (Å²) >= 11 is 1.86. The molecule has 1 heterocycles. The molecule has 7 nitrogen and oxygen atoms in total. The molecular formula is C21H25N3O4S2. The molecule has 3 rings (SSSR count). The fraction of sp³-hybridized carbons (Fsp3) is 0.333. The summed E-state index contributed by atoms with van der Waals surface area (Å²) in [6.07, 6.45) is 0.335. The molecule has 160 valence electrons. The SMILES string of the molecule is CNS(=O)(=O)c1ccc(C)c(C(=O)Nc2ccc(CC(=O)N3CCSCC3)cc2)c1. The Labute approximate surface area is 181 Å². The number of aryl methyl sites for hydroxylation is 1. The van der Waals surface area contributed by atoms with E-state index in [1.54, 1.807) is 25.1 Å². The first-order valence-electron chi connectivity index (χ1n) is 9.60. The summed E-state index contributed by atoms with van der Waals surface area (Å²) in [5.74, 6) is 1.68. The average molecular weight is 448 g/mol. The third-order valence-electron chi connectivity index (χ3n) is 4.96. The van der Waals surface area contributed by atoms with Gasteiger partial charge in [0.15, 0.2) is 0 Å². The fourth-order valence-electron chi connectivity index (χ4n) is 3.13. The molecule has 0 spiro atoms. The van der Waals surface area contributed by atoms with E-state index in [1.807, 2.05) is 28.8 Å². The number of carbonyl (C=O) groups is 2. The summed E-state index contributed by atoms with van der Waals surface area (Å²) in [4.78, 5) is 27.0. The summed E-state index contributed by atoms with van der Waals surface area (Å²) in [7, 11) is -2.31. The standard InChI is InChI=1S/C21H25N3O4S2/c1-15-3-8-18(30(27,28)22-2)14-19(15)21(26)23-17-6-4-16(5-7-17)13-20(25)24-9-11-29-12-10-24/h3-8,14,22H,9-13H2,1-2H3,(H,23,26). The highest BCUT2D eigenvalue weighted by atomic mass is 32.2. The van der Waals surface area contributed by atoms with Crippen LogP contribution in [0.15, 0.2) is 47.4 Å². The van der Waals surface area contributed by atoms with Crippen molar-refractivity contribution in [2.75, 3.05) is 37.0 Å². The zero-order valence-corrected chi connectivity index (χ0v) is 18.6. The maximum atomic E-state index is 12.7. The second-order valence-corrected chi connectivity index (χ2v) is 10.1. The van der Waals surface area contributed by atoms with Crippen molar-refractivity contribution in [1.29, 1.82) is 0 Å². The number of nitrogens with zero attached hydrogens (tertiary/aromatic N) is 1. The lowest BCUT2D eigenvalue weighted by molar-refractivity contribution is -0.130. The zero-order chi connectivity index (χ0) is 21.7. The molecule has 1 aliphatic heterocycles. The van der Waals surface area contributed by atoms with Crippen LogP contribution in [0.1, 0.15) is 21.5 Å². The minimum atomic E-state index is -3.64. The molecule has 30 heavy (non-hydrogen) atoms. The molecular weight excluding hydrogens is 422 g/mol. The number of carbonyl (C=O) groups excluding carboxylic acids is 2. The highest BCUT2D eigenvalue weighted by Crippen LogP contribution is 2.18. The van der Waals surface area contributed by atoms with Crippen LogP contribution in [-0.4, -0.2) is 56.8 Å². The number of hydrogen-bond acceptors (Lipinski definition) is 5. The van der Waals surface area contributed by atoms with Gasteiger partial charge >= 0.3 is 0 Å². The van der Waals surface area contributed by atoms with Gasteiger partial charge in [0.2, 0.25) is 15.9 Å². The number of hydrogen-bond donors (Lipinski definition) is 2. The van der Waals surface area contributed by atoms with Crippen LogP contribution in [0.4, 0.5) is 5.69 Å². The van der Waals surface area contributed by atoms with Crippen molar-refractivity contribution in [2.45, 2.75) is 18.2 Å². The van der Waals surface area contributed by atoms with Gasteiger partial charge in [0.05, 0.1) is 11.3 Å². The predicted octanol–water partition coefficient (Wildman–Crippen LogP) is 2.27.